The van der Waals surface area contributed by atoms with Gasteiger partial charge in [-0.1, -0.05) is 86.0 Å². The van der Waals surface area contributed by atoms with Gasteiger partial charge in [0.2, 0.25) is 0 Å². The molecule has 0 heterocycles. The van der Waals surface area contributed by atoms with Gasteiger partial charge in [-0.2, -0.15) is 0 Å². The average molecular weight is 582 g/mol. The molecule has 18 heavy (non-hydrogen) atoms. The molecular weight excluding hydrogens is 561 g/mol. The second-order valence-corrected chi connectivity index (χ2v) is 7.72. The van der Waals surface area contributed by atoms with Crippen LogP contribution in [0.5, 0.6) is 0 Å². The van der Waals surface area contributed by atoms with Gasteiger partial charge in [-0.25, -0.2) is 0 Å². The first-order chi connectivity index (χ1) is 8.81. The first-order valence-electron chi connectivity index (χ1n) is 6.60. The van der Waals surface area contributed by atoms with Crippen molar-refractivity contribution in [3.05, 3.63) is 34.9 Å². The van der Waals surface area contributed by atoms with Crippen LogP contribution < -0.4 is 0 Å². The predicted octanol–water partition coefficient (Wildman–Crippen LogP) is 5.79. The van der Waals surface area contributed by atoms with Gasteiger partial charge < -0.3 is 0 Å². The molecular formula is C15H21I3. The van der Waals surface area contributed by atoms with Crippen LogP contribution in [-0.4, -0.2) is 13.3 Å². The van der Waals surface area contributed by atoms with Crippen molar-refractivity contribution in [1.82, 2.24) is 0 Å². The Hall–Kier alpha value is 1.41. The smallest absolute Gasteiger partial charge is 0.000156 e. The zero-order valence-electron chi connectivity index (χ0n) is 10.7. The number of alkyl halides is 3. The van der Waals surface area contributed by atoms with Crippen LogP contribution in [0.3, 0.4) is 0 Å². The number of aryl methyl sites for hydroxylation is 3. The Balaban J connectivity index is 2.74. The van der Waals surface area contributed by atoms with Crippen LogP contribution in [0.25, 0.3) is 0 Å². The maximum atomic E-state index is 2.48. The van der Waals surface area contributed by atoms with Crippen molar-refractivity contribution in [2.24, 2.45) is 0 Å². The molecule has 0 radical (unpaired) electrons. The van der Waals surface area contributed by atoms with E-state index in [2.05, 4.69) is 86.0 Å². The lowest BCUT2D eigenvalue weighted by atomic mass is 9.96. The van der Waals surface area contributed by atoms with Crippen molar-refractivity contribution in [3.63, 3.8) is 0 Å². The van der Waals surface area contributed by atoms with E-state index in [-0.39, 0.29) is 0 Å². The highest BCUT2D eigenvalue weighted by atomic mass is 127. The van der Waals surface area contributed by atoms with Gasteiger partial charge in [-0.05, 0) is 68.5 Å². The Labute approximate surface area is 153 Å². The average Bonchev–Trinajstić information content (AvgIpc) is 2.41. The summed E-state index contributed by atoms with van der Waals surface area (Å²) in [5.74, 6) is 0. The van der Waals surface area contributed by atoms with Gasteiger partial charge in [0.1, 0.15) is 0 Å². The molecule has 0 amide bonds. The van der Waals surface area contributed by atoms with E-state index in [0.717, 1.165) is 0 Å². The van der Waals surface area contributed by atoms with Crippen LogP contribution in [0.1, 0.15) is 36.0 Å². The summed E-state index contributed by atoms with van der Waals surface area (Å²) in [5.41, 5.74) is 4.74. The monoisotopic (exact) mass is 582 g/mol. The van der Waals surface area contributed by atoms with E-state index in [1.165, 1.54) is 57.4 Å². The van der Waals surface area contributed by atoms with Gasteiger partial charge in [0.05, 0.1) is 0 Å². The molecule has 0 atom stereocenters. The molecule has 3 heteroatoms. The van der Waals surface area contributed by atoms with Gasteiger partial charge in [0, 0.05) is 0 Å². The van der Waals surface area contributed by atoms with Crippen LogP contribution in [0.4, 0.5) is 0 Å². The minimum Gasteiger partial charge on any atom is -0.0864 e. The number of hydrogen-bond acceptors (Lipinski definition) is 0. The highest BCUT2D eigenvalue weighted by molar-refractivity contribution is 14.1. The highest BCUT2D eigenvalue weighted by Gasteiger charge is 2.04. The molecule has 0 N–H and O–H groups in total. The third-order valence-corrected chi connectivity index (χ3v) is 5.32. The predicted molar refractivity (Wildman–Crippen MR) is 108 cm³/mol. The third-order valence-electron chi connectivity index (χ3n) is 3.03. The SMILES string of the molecule is ICCCc1ccc(CCCI)c(CCCI)c1. The molecule has 0 saturated heterocycles. The second kappa shape index (κ2) is 11.1. The molecule has 0 bridgehead atoms. The fourth-order valence-corrected chi connectivity index (χ4v) is 3.24. The minimum absolute atomic E-state index is 1.24. The first-order valence-corrected chi connectivity index (χ1v) is 11.2. The third kappa shape index (κ3) is 6.72. The standard InChI is InChI=1S/C15H21I3/c16-9-1-4-13-7-8-14(5-2-10-17)15(12-13)6-3-11-18/h7-8,12H,1-6,9-11H2. The largest absolute Gasteiger partial charge is 0.0864 e. The molecule has 0 unspecified atom stereocenters. The van der Waals surface area contributed by atoms with E-state index in [9.17, 15) is 0 Å². The van der Waals surface area contributed by atoms with Gasteiger partial charge in [0.15, 0.2) is 0 Å². The molecule has 1 aromatic rings. The van der Waals surface area contributed by atoms with Gasteiger partial charge in [0.25, 0.3) is 0 Å². The van der Waals surface area contributed by atoms with E-state index in [1.54, 1.807) is 11.1 Å². The van der Waals surface area contributed by atoms with E-state index in [1.807, 2.05) is 0 Å². The topological polar surface area (TPSA) is 0 Å². The van der Waals surface area contributed by atoms with Crippen LogP contribution in [0, 0.1) is 0 Å². The van der Waals surface area contributed by atoms with Crippen molar-refractivity contribution in [2.45, 2.75) is 38.5 Å². The minimum atomic E-state index is 1.24. The summed E-state index contributed by atoms with van der Waals surface area (Å²) in [5, 5.41) is 0. The lowest BCUT2D eigenvalue weighted by molar-refractivity contribution is 0.868. The van der Waals surface area contributed by atoms with Crippen LogP contribution in [0.2, 0.25) is 0 Å². The van der Waals surface area contributed by atoms with E-state index in [0.29, 0.717) is 0 Å². The zero-order chi connectivity index (χ0) is 13.2. The molecule has 0 aliphatic heterocycles. The van der Waals surface area contributed by atoms with Crippen LogP contribution in [0.15, 0.2) is 18.2 Å². The van der Waals surface area contributed by atoms with E-state index in [4.69, 9.17) is 0 Å². The number of halogens is 3. The molecule has 0 nitrogen and oxygen atoms in total. The summed E-state index contributed by atoms with van der Waals surface area (Å²) in [4.78, 5) is 0. The Kier molecular flexibility index (Phi) is 10.8. The van der Waals surface area contributed by atoms with Crippen molar-refractivity contribution >= 4 is 67.8 Å². The summed E-state index contributed by atoms with van der Waals surface area (Å²) in [6, 6.07) is 7.21. The zero-order valence-corrected chi connectivity index (χ0v) is 17.2. The molecule has 1 rings (SSSR count). The first kappa shape index (κ1) is 17.5. The molecule has 0 spiro atoms. The van der Waals surface area contributed by atoms with E-state index < -0.39 is 0 Å². The summed E-state index contributed by atoms with van der Waals surface area (Å²) < 4.78 is 3.79. The molecule has 1 aromatic carbocycles. The maximum absolute atomic E-state index is 2.48. The lowest BCUT2D eigenvalue weighted by Crippen LogP contribution is -1.98. The summed E-state index contributed by atoms with van der Waals surface area (Å²) in [6.45, 7) is 0. The highest BCUT2D eigenvalue weighted by Crippen LogP contribution is 2.18. The van der Waals surface area contributed by atoms with Gasteiger partial charge in [-0.3, -0.25) is 0 Å². The second-order valence-electron chi connectivity index (χ2n) is 4.48. The Morgan fingerprint density at radius 2 is 1.22 bits per heavy atom. The number of benzene rings is 1. The fourth-order valence-electron chi connectivity index (χ4n) is 2.10. The van der Waals surface area contributed by atoms with Crippen LogP contribution in [-0.2, 0) is 19.3 Å². The lowest BCUT2D eigenvalue weighted by Gasteiger charge is -2.11. The Morgan fingerprint density at radius 1 is 0.667 bits per heavy atom. The van der Waals surface area contributed by atoms with Gasteiger partial charge in [-0.15, -0.1) is 0 Å². The Morgan fingerprint density at radius 3 is 1.83 bits per heavy atom. The van der Waals surface area contributed by atoms with Crippen molar-refractivity contribution < 1.29 is 0 Å². The molecule has 0 aliphatic carbocycles. The Bertz CT molecular complexity index is 337. The summed E-state index contributed by atoms with van der Waals surface area (Å²) >= 11 is 7.43. The van der Waals surface area contributed by atoms with Crippen molar-refractivity contribution in [3.8, 4) is 0 Å². The molecule has 0 aromatic heterocycles. The van der Waals surface area contributed by atoms with Gasteiger partial charge >= 0.3 is 0 Å². The number of hydrogen-bond donors (Lipinski definition) is 0. The maximum Gasteiger partial charge on any atom is -0.000156 e. The van der Waals surface area contributed by atoms with Crippen molar-refractivity contribution in [1.29, 1.82) is 0 Å². The molecule has 0 fully saturated rings. The molecule has 102 valence electrons. The van der Waals surface area contributed by atoms with E-state index >= 15 is 0 Å². The fraction of sp³-hybridized carbons (Fsp3) is 0.600. The molecule has 0 saturated carbocycles. The van der Waals surface area contributed by atoms with Crippen molar-refractivity contribution in [2.75, 3.05) is 13.3 Å². The summed E-state index contributed by atoms with van der Waals surface area (Å²) in [7, 11) is 0. The quantitative estimate of drug-likeness (QED) is 0.256. The number of rotatable bonds is 9. The summed E-state index contributed by atoms with van der Waals surface area (Å²) in [6.07, 6.45) is 7.69. The van der Waals surface area contributed by atoms with Crippen LogP contribution >= 0.6 is 67.8 Å². The molecule has 0 aliphatic rings. The normalized spacial score (nSPS) is 10.8.